The van der Waals surface area contributed by atoms with E-state index >= 15 is 0 Å². The minimum absolute atomic E-state index is 0.293. The lowest BCUT2D eigenvalue weighted by Crippen LogP contribution is -2.15. The predicted molar refractivity (Wildman–Crippen MR) is 80.1 cm³/mol. The fourth-order valence-corrected chi connectivity index (χ4v) is 1.61. The molecule has 0 atom stereocenters. The molecule has 0 radical (unpaired) electrons. The Bertz CT molecular complexity index is 460. The van der Waals surface area contributed by atoms with Crippen LogP contribution in [0.15, 0.2) is 49.1 Å². The van der Waals surface area contributed by atoms with Gasteiger partial charge in [0.25, 0.3) is 5.78 Å². The lowest BCUT2D eigenvalue weighted by Gasteiger charge is -2.01. The summed E-state index contributed by atoms with van der Waals surface area (Å²) in [6.07, 6.45) is 8.45. The second-order valence-corrected chi connectivity index (χ2v) is 4.38. The van der Waals surface area contributed by atoms with Crippen LogP contribution in [0.4, 0.5) is 0 Å². The molecule has 0 unspecified atom stereocenters. The summed E-state index contributed by atoms with van der Waals surface area (Å²) in [5, 5.41) is 0. The Morgan fingerprint density at radius 1 is 1.10 bits per heavy atom. The van der Waals surface area contributed by atoms with E-state index in [9.17, 15) is 9.59 Å². The van der Waals surface area contributed by atoms with Crippen molar-refractivity contribution in [1.82, 2.24) is 0 Å². The first-order valence-electron chi connectivity index (χ1n) is 6.79. The zero-order valence-electron chi connectivity index (χ0n) is 11.6. The van der Waals surface area contributed by atoms with Crippen LogP contribution < -0.4 is 0 Å². The van der Waals surface area contributed by atoms with E-state index in [-0.39, 0.29) is 0 Å². The fourth-order valence-electron chi connectivity index (χ4n) is 1.61. The van der Waals surface area contributed by atoms with Gasteiger partial charge in [0.15, 0.2) is 0 Å². The van der Waals surface area contributed by atoms with E-state index in [1.54, 1.807) is 6.08 Å². The number of hydrogen-bond acceptors (Lipinski definition) is 3. The second kappa shape index (κ2) is 9.73. The highest BCUT2D eigenvalue weighted by molar-refractivity contribution is 6.39. The number of ether oxygens (including phenoxy) is 1. The largest absolute Gasteiger partial charge is 0.460 e. The first-order valence-corrected chi connectivity index (χ1v) is 6.79. The third-order valence-electron chi connectivity index (χ3n) is 2.71. The Balaban J connectivity index is 2.24. The van der Waals surface area contributed by atoms with Crippen molar-refractivity contribution >= 4 is 17.8 Å². The van der Waals surface area contributed by atoms with Crippen LogP contribution in [0.2, 0.25) is 0 Å². The maximum absolute atomic E-state index is 11.5. The van der Waals surface area contributed by atoms with Gasteiger partial charge < -0.3 is 4.74 Å². The van der Waals surface area contributed by atoms with Gasteiger partial charge in [-0.05, 0) is 37.3 Å². The molecule has 0 fully saturated rings. The van der Waals surface area contributed by atoms with Crippen molar-refractivity contribution in [1.29, 1.82) is 0 Å². The molecule has 0 saturated heterocycles. The molecule has 1 aromatic rings. The number of hydrogen-bond donors (Lipinski definition) is 0. The van der Waals surface area contributed by atoms with Crippen molar-refractivity contribution in [2.75, 3.05) is 6.61 Å². The number of carbonyl (C=O) groups is 2. The summed E-state index contributed by atoms with van der Waals surface area (Å²) in [4.78, 5) is 22.9. The first-order chi connectivity index (χ1) is 9.74. The van der Waals surface area contributed by atoms with E-state index in [1.165, 1.54) is 6.08 Å². The molecular formula is C17H20O3. The molecule has 0 aromatic heterocycles. The summed E-state index contributed by atoms with van der Waals surface area (Å²) in [6.45, 7) is 3.93. The molecule has 0 aliphatic rings. The van der Waals surface area contributed by atoms with Gasteiger partial charge in [-0.15, -0.1) is 6.58 Å². The third kappa shape index (κ3) is 6.69. The monoisotopic (exact) mass is 272 g/mol. The number of esters is 1. The lowest BCUT2D eigenvalue weighted by atomic mass is 10.2. The molecule has 3 nitrogen and oxygen atoms in total. The Morgan fingerprint density at radius 3 is 2.55 bits per heavy atom. The van der Waals surface area contributed by atoms with Crippen LogP contribution >= 0.6 is 0 Å². The quantitative estimate of drug-likeness (QED) is 0.227. The Kier molecular flexibility index (Phi) is 7.73. The summed E-state index contributed by atoms with van der Waals surface area (Å²) in [6, 6.07) is 9.33. The summed E-state index contributed by atoms with van der Waals surface area (Å²) in [7, 11) is 0. The van der Waals surface area contributed by atoms with Crippen molar-refractivity contribution in [3.63, 3.8) is 0 Å². The number of ketones is 1. The van der Waals surface area contributed by atoms with E-state index in [0.717, 1.165) is 31.2 Å². The zero-order chi connectivity index (χ0) is 14.6. The second-order valence-electron chi connectivity index (χ2n) is 4.38. The zero-order valence-corrected chi connectivity index (χ0v) is 11.6. The average Bonchev–Trinajstić information content (AvgIpc) is 2.49. The van der Waals surface area contributed by atoms with Crippen molar-refractivity contribution in [3.8, 4) is 0 Å². The Morgan fingerprint density at radius 2 is 1.85 bits per heavy atom. The molecule has 3 heteroatoms. The molecule has 20 heavy (non-hydrogen) atoms. The lowest BCUT2D eigenvalue weighted by molar-refractivity contribution is -0.151. The van der Waals surface area contributed by atoms with E-state index < -0.39 is 11.8 Å². The van der Waals surface area contributed by atoms with Crippen LogP contribution in [0.3, 0.4) is 0 Å². The normalized spacial score (nSPS) is 10.4. The summed E-state index contributed by atoms with van der Waals surface area (Å²) < 4.78 is 4.91. The average molecular weight is 272 g/mol. The molecule has 0 heterocycles. The smallest absolute Gasteiger partial charge is 0.379 e. The Labute approximate surface area is 120 Å². The molecular weight excluding hydrogens is 252 g/mol. The minimum Gasteiger partial charge on any atom is -0.460 e. The van der Waals surface area contributed by atoms with Crippen LogP contribution in [0, 0.1) is 0 Å². The highest BCUT2D eigenvalue weighted by Gasteiger charge is 2.11. The van der Waals surface area contributed by atoms with E-state index in [2.05, 4.69) is 6.58 Å². The predicted octanol–water partition coefficient (Wildman–Crippen LogP) is 3.56. The summed E-state index contributed by atoms with van der Waals surface area (Å²) in [5.41, 5.74) is 0.873. The summed E-state index contributed by atoms with van der Waals surface area (Å²) in [5.74, 6) is -1.42. The van der Waals surface area contributed by atoms with Gasteiger partial charge in [0.1, 0.15) is 0 Å². The van der Waals surface area contributed by atoms with Crippen molar-refractivity contribution in [3.05, 3.63) is 54.6 Å². The van der Waals surface area contributed by atoms with Gasteiger partial charge in [0, 0.05) is 0 Å². The summed E-state index contributed by atoms with van der Waals surface area (Å²) >= 11 is 0. The molecule has 0 amide bonds. The van der Waals surface area contributed by atoms with Crippen molar-refractivity contribution in [2.24, 2.45) is 0 Å². The molecule has 0 aliphatic heterocycles. The van der Waals surface area contributed by atoms with Gasteiger partial charge in [-0.3, -0.25) is 4.79 Å². The molecule has 1 aromatic carbocycles. The maximum Gasteiger partial charge on any atom is 0.379 e. The van der Waals surface area contributed by atoms with Crippen LogP contribution in [0.25, 0.3) is 6.08 Å². The van der Waals surface area contributed by atoms with E-state index in [1.807, 2.05) is 36.4 Å². The highest BCUT2D eigenvalue weighted by atomic mass is 16.5. The molecule has 106 valence electrons. The standard InChI is InChI=1S/C17H20O3/c1-2-3-4-5-9-14-20-17(19)16(18)13-12-15-10-7-6-8-11-15/h2,6-8,10-13H,1,3-5,9,14H2/b13-12+. The molecule has 0 spiro atoms. The molecule has 0 bridgehead atoms. The van der Waals surface area contributed by atoms with E-state index in [4.69, 9.17) is 4.74 Å². The minimum atomic E-state index is -0.791. The van der Waals surface area contributed by atoms with Gasteiger partial charge in [0.2, 0.25) is 0 Å². The van der Waals surface area contributed by atoms with Gasteiger partial charge in [-0.25, -0.2) is 4.79 Å². The van der Waals surface area contributed by atoms with Crippen LogP contribution in [0.1, 0.15) is 31.2 Å². The van der Waals surface area contributed by atoms with Gasteiger partial charge in [-0.2, -0.15) is 0 Å². The molecule has 0 aliphatic carbocycles. The first kappa shape index (κ1) is 15.9. The Hall–Kier alpha value is -2.16. The van der Waals surface area contributed by atoms with Crippen molar-refractivity contribution in [2.45, 2.75) is 25.7 Å². The van der Waals surface area contributed by atoms with Crippen molar-refractivity contribution < 1.29 is 14.3 Å². The number of carbonyl (C=O) groups excluding carboxylic acids is 2. The van der Waals surface area contributed by atoms with Crippen LogP contribution in [-0.4, -0.2) is 18.4 Å². The van der Waals surface area contributed by atoms with Gasteiger partial charge >= 0.3 is 5.97 Å². The van der Waals surface area contributed by atoms with Crippen LogP contribution in [-0.2, 0) is 14.3 Å². The maximum atomic E-state index is 11.5. The number of allylic oxidation sites excluding steroid dienone is 1. The van der Waals surface area contributed by atoms with Crippen LogP contribution in [0.5, 0.6) is 0 Å². The molecule has 0 saturated carbocycles. The topological polar surface area (TPSA) is 43.4 Å². The number of unbranched alkanes of at least 4 members (excludes halogenated alkanes) is 3. The van der Waals surface area contributed by atoms with Gasteiger partial charge in [0.05, 0.1) is 6.61 Å². The third-order valence-corrected chi connectivity index (χ3v) is 2.71. The number of benzene rings is 1. The highest BCUT2D eigenvalue weighted by Crippen LogP contribution is 2.02. The SMILES string of the molecule is C=CCCCCCOC(=O)C(=O)/C=C/c1ccccc1. The van der Waals surface area contributed by atoms with E-state index in [0.29, 0.717) is 6.61 Å². The fraction of sp³-hybridized carbons (Fsp3) is 0.294. The number of rotatable bonds is 9. The molecule has 1 rings (SSSR count). The molecule has 0 N–H and O–H groups in total. The van der Waals surface area contributed by atoms with Gasteiger partial charge in [-0.1, -0.05) is 42.5 Å².